The summed E-state index contributed by atoms with van der Waals surface area (Å²) in [6.45, 7) is 4.12. The predicted molar refractivity (Wildman–Crippen MR) is 138 cm³/mol. The number of ether oxygens (including phenoxy) is 2. The third kappa shape index (κ3) is 5.84. The summed E-state index contributed by atoms with van der Waals surface area (Å²) in [5.74, 6) is 1.04. The number of carbonyl (C=O) groups excluding carboxylic acids is 1. The molecule has 180 valence electrons. The maximum Gasteiger partial charge on any atom is 0.261 e. The highest BCUT2D eigenvalue weighted by atomic mass is 35.5. The minimum absolute atomic E-state index is 0.212. The molecule has 0 aliphatic carbocycles. The predicted octanol–water partition coefficient (Wildman–Crippen LogP) is 5.85. The van der Waals surface area contributed by atoms with Gasteiger partial charge in [-0.2, -0.15) is 5.10 Å². The third-order valence-electron chi connectivity index (χ3n) is 5.70. The lowest BCUT2D eigenvalue weighted by molar-refractivity contribution is -0.127. The molecule has 0 saturated carbocycles. The number of para-hydroxylation sites is 1. The number of methoxy groups -OCH3 is 1. The van der Waals surface area contributed by atoms with E-state index in [0.29, 0.717) is 16.5 Å². The van der Waals surface area contributed by atoms with E-state index in [1.807, 2.05) is 72.9 Å². The van der Waals surface area contributed by atoms with Gasteiger partial charge in [-0.1, -0.05) is 48.9 Å². The van der Waals surface area contributed by atoms with Crippen molar-refractivity contribution in [2.24, 2.45) is 0 Å². The van der Waals surface area contributed by atoms with Crippen LogP contribution in [0.3, 0.4) is 0 Å². The van der Waals surface area contributed by atoms with Crippen LogP contribution in [0.1, 0.15) is 25.0 Å². The number of carbonyl (C=O) groups is 1. The summed E-state index contributed by atoms with van der Waals surface area (Å²) in [6, 6.07) is 23.1. The van der Waals surface area contributed by atoms with E-state index in [1.165, 1.54) is 5.56 Å². The number of nitrogens with zero attached hydrogens (tertiary/aromatic N) is 2. The maximum atomic E-state index is 12.8. The number of hydrogen-bond acceptors (Lipinski definition) is 4. The molecule has 0 saturated heterocycles. The maximum absolute atomic E-state index is 12.8. The smallest absolute Gasteiger partial charge is 0.261 e. The van der Waals surface area contributed by atoms with E-state index in [9.17, 15) is 4.79 Å². The summed E-state index contributed by atoms with van der Waals surface area (Å²) in [7, 11) is 1.58. The van der Waals surface area contributed by atoms with Crippen molar-refractivity contribution in [3.63, 3.8) is 0 Å². The standard InChI is InChI=1S/C28H28ClN3O3/c1-4-20-10-13-24(14-11-20)35-19(2)28(33)30-17-22-18-32(23-8-6-5-7-9-23)31-27(22)21-12-15-26(34-3)25(29)16-21/h5-16,18-19H,4,17H2,1-3H3,(H,30,33). The van der Waals surface area contributed by atoms with Crippen molar-refractivity contribution >= 4 is 17.5 Å². The van der Waals surface area contributed by atoms with Crippen LogP contribution in [-0.4, -0.2) is 28.9 Å². The van der Waals surface area contributed by atoms with Gasteiger partial charge in [-0.05, 0) is 61.4 Å². The summed E-state index contributed by atoms with van der Waals surface area (Å²) < 4.78 is 12.9. The topological polar surface area (TPSA) is 65.4 Å². The molecule has 0 radical (unpaired) electrons. The molecule has 0 spiro atoms. The summed E-state index contributed by atoms with van der Waals surface area (Å²) >= 11 is 6.37. The van der Waals surface area contributed by atoms with Gasteiger partial charge in [-0.3, -0.25) is 4.79 Å². The van der Waals surface area contributed by atoms with Gasteiger partial charge in [0, 0.05) is 23.9 Å². The van der Waals surface area contributed by atoms with Gasteiger partial charge in [0.2, 0.25) is 0 Å². The van der Waals surface area contributed by atoms with Gasteiger partial charge >= 0.3 is 0 Å². The van der Waals surface area contributed by atoms with Crippen LogP contribution in [0, 0.1) is 0 Å². The lowest BCUT2D eigenvalue weighted by atomic mass is 10.1. The first kappa shape index (κ1) is 24.4. The third-order valence-corrected chi connectivity index (χ3v) is 6.00. The number of amides is 1. The zero-order valence-electron chi connectivity index (χ0n) is 20.0. The lowest BCUT2D eigenvalue weighted by Gasteiger charge is -2.15. The van der Waals surface area contributed by atoms with E-state index < -0.39 is 6.10 Å². The van der Waals surface area contributed by atoms with Crippen LogP contribution in [0.2, 0.25) is 5.02 Å². The SMILES string of the molecule is CCc1ccc(OC(C)C(=O)NCc2cn(-c3ccccc3)nc2-c2ccc(OC)c(Cl)c2)cc1. The van der Waals surface area contributed by atoms with Gasteiger partial charge in [-0.25, -0.2) is 4.68 Å². The van der Waals surface area contributed by atoms with E-state index in [0.717, 1.165) is 28.9 Å². The molecule has 0 aliphatic rings. The van der Waals surface area contributed by atoms with Crippen LogP contribution in [0.15, 0.2) is 79.0 Å². The second-order valence-electron chi connectivity index (χ2n) is 8.11. The van der Waals surface area contributed by atoms with E-state index >= 15 is 0 Å². The molecule has 6 nitrogen and oxygen atoms in total. The Balaban J connectivity index is 1.54. The van der Waals surface area contributed by atoms with E-state index in [-0.39, 0.29) is 12.5 Å². The summed E-state index contributed by atoms with van der Waals surface area (Å²) in [4.78, 5) is 12.8. The highest BCUT2D eigenvalue weighted by Crippen LogP contribution is 2.31. The Labute approximate surface area is 210 Å². The molecule has 4 rings (SSSR count). The molecule has 7 heteroatoms. The molecule has 1 aromatic heterocycles. The Bertz CT molecular complexity index is 1290. The van der Waals surface area contributed by atoms with Crippen molar-refractivity contribution in [1.82, 2.24) is 15.1 Å². The van der Waals surface area contributed by atoms with E-state index in [4.69, 9.17) is 26.2 Å². The van der Waals surface area contributed by atoms with Crippen LogP contribution in [0.5, 0.6) is 11.5 Å². The molecule has 35 heavy (non-hydrogen) atoms. The zero-order valence-corrected chi connectivity index (χ0v) is 20.8. The fourth-order valence-corrected chi connectivity index (χ4v) is 3.95. The Morgan fingerprint density at radius 3 is 2.49 bits per heavy atom. The first-order valence-electron chi connectivity index (χ1n) is 11.5. The number of nitrogens with one attached hydrogen (secondary N) is 1. The summed E-state index contributed by atoms with van der Waals surface area (Å²) in [5, 5.41) is 8.26. The average molecular weight is 490 g/mol. The molecule has 1 heterocycles. The molecule has 1 amide bonds. The molecule has 0 fully saturated rings. The fraction of sp³-hybridized carbons (Fsp3) is 0.214. The lowest BCUT2D eigenvalue weighted by Crippen LogP contribution is -2.35. The second kappa shape index (κ2) is 11.1. The molecule has 3 aromatic carbocycles. The van der Waals surface area contributed by atoms with Crippen LogP contribution in [0.4, 0.5) is 0 Å². The number of aromatic nitrogens is 2. The van der Waals surface area contributed by atoms with Crippen LogP contribution < -0.4 is 14.8 Å². The number of hydrogen-bond donors (Lipinski definition) is 1. The van der Waals surface area contributed by atoms with Gasteiger partial charge in [0.1, 0.15) is 11.5 Å². The minimum atomic E-state index is -0.648. The van der Waals surface area contributed by atoms with Gasteiger partial charge in [0.25, 0.3) is 5.91 Å². The molecule has 1 unspecified atom stereocenters. The van der Waals surface area contributed by atoms with E-state index in [1.54, 1.807) is 24.8 Å². The molecular weight excluding hydrogens is 462 g/mol. The highest BCUT2D eigenvalue weighted by Gasteiger charge is 2.18. The monoisotopic (exact) mass is 489 g/mol. The Hall–Kier alpha value is -3.77. The highest BCUT2D eigenvalue weighted by molar-refractivity contribution is 6.32. The van der Waals surface area contributed by atoms with E-state index in [2.05, 4.69) is 12.2 Å². The van der Waals surface area contributed by atoms with Crippen molar-refractivity contribution in [3.05, 3.63) is 95.1 Å². The Kier molecular flexibility index (Phi) is 7.73. The molecular formula is C28H28ClN3O3. The van der Waals surface area contributed by atoms with Crippen molar-refractivity contribution in [1.29, 1.82) is 0 Å². The van der Waals surface area contributed by atoms with Crippen molar-refractivity contribution in [2.75, 3.05) is 7.11 Å². The molecule has 1 atom stereocenters. The summed E-state index contributed by atoms with van der Waals surface area (Å²) in [6.07, 6.45) is 2.22. The van der Waals surface area contributed by atoms with Crippen LogP contribution >= 0.6 is 11.6 Å². The number of benzene rings is 3. The quantitative estimate of drug-likeness (QED) is 0.320. The summed E-state index contributed by atoms with van der Waals surface area (Å²) in [5.41, 5.74) is 4.54. The van der Waals surface area contributed by atoms with Gasteiger partial charge in [-0.15, -0.1) is 0 Å². The average Bonchev–Trinajstić information content (AvgIpc) is 3.32. The first-order chi connectivity index (χ1) is 17.0. The van der Waals surface area contributed by atoms with Gasteiger partial charge in [0.05, 0.1) is 23.5 Å². The van der Waals surface area contributed by atoms with Crippen molar-refractivity contribution < 1.29 is 14.3 Å². The zero-order chi connectivity index (χ0) is 24.8. The number of halogens is 1. The Morgan fingerprint density at radius 1 is 1.09 bits per heavy atom. The van der Waals surface area contributed by atoms with Crippen molar-refractivity contribution in [3.8, 4) is 28.4 Å². The largest absolute Gasteiger partial charge is 0.495 e. The van der Waals surface area contributed by atoms with Gasteiger partial charge < -0.3 is 14.8 Å². The Morgan fingerprint density at radius 2 is 1.83 bits per heavy atom. The van der Waals surface area contributed by atoms with Crippen molar-refractivity contribution in [2.45, 2.75) is 32.9 Å². The van der Waals surface area contributed by atoms with Crippen LogP contribution in [-0.2, 0) is 17.8 Å². The minimum Gasteiger partial charge on any atom is -0.495 e. The van der Waals surface area contributed by atoms with Crippen LogP contribution in [0.25, 0.3) is 16.9 Å². The molecule has 0 bridgehead atoms. The molecule has 1 N–H and O–H groups in total. The fourth-order valence-electron chi connectivity index (χ4n) is 3.70. The second-order valence-corrected chi connectivity index (χ2v) is 8.51. The normalized spacial score (nSPS) is 11.7. The van der Waals surface area contributed by atoms with Gasteiger partial charge in [0.15, 0.2) is 6.10 Å². The molecule has 0 aliphatic heterocycles. The molecule has 4 aromatic rings. The number of aryl methyl sites for hydroxylation is 1. The first-order valence-corrected chi connectivity index (χ1v) is 11.9. The number of rotatable bonds is 9.